The van der Waals surface area contributed by atoms with Crippen LogP contribution in [0.1, 0.15) is 11.3 Å². The maximum absolute atomic E-state index is 5.19. The average Bonchev–Trinajstić information content (AvgIpc) is 3.38. The van der Waals surface area contributed by atoms with Crippen LogP contribution in [0, 0.1) is 6.07 Å². The van der Waals surface area contributed by atoms with E-state index in [0.717, 1.165) is 65.5 Å². The SMILES string of the molecule is [Pt+2].[c-]1c(/C=c2\[n-]/c(=C\c3nccc4ccccc34)c3ccc4ccccc4c23)cccc1-c1cc2ccccc2cn1. The van der Waals surface area contributed by atoms with Crippen molar-refractivity contribution in [2.45, 2.75) is 0 Å². The minimum atomic E-state index is 0. The second kappa shape index (κ2) is 10.9. The van der Waals surface area contributed by atoms with Crippen molar-refractivity contribution in [2.75, 3.05) is 0 Å². The van der Waals surface area contributed by atoms with Gasteiger partial charge in [0.2, 0.25) is 0 Å². The molecule has 0 aliphatic carbocycles. The van der Waals surface area contributed by atoms with Crippen molar-refractivity contribution in [3.8, 4) is 11.3 Å². The standard InChI is InChI=1S/C38H23N3.Pt/c1-2-12-30-24-40-34(22-28(30)11-1)29-13-7-8-25(20-29)21-37-38-32-15-6-4-9-26(32)16-17-33(38)36(41-37)23-35-31-14-5-3-10-27(31)18-19-39-35;/h1-19,21-24H;/q-2;+2/b36-23-,37-21-;. The average molecular weight is 717 g/mol. The molecule has 0 saturated carbocycles. The summed E-state index contributed by atoms with van der Waals surface area (Å²) < 4.78 is 0. The number of hydrogen-bond donors (Lipinski definition) is 0. The first-order chi connectivity index (χ1) is 20.3. The predicted octanol–water partition coefficient (Wildman–Crippen LogP) is 7.17. The molecule has 0 atom stereocenters. The fraction of sp³-hybridized carbons (Fsp3) is 0. The van der Waals surface area contributed by atoms with Gasteiger partial charge in [0, 0.05) is 23.5 Å². The summed E-state index contributed by atoms with van der Waals surface area (Å²) in [6.07, 6.45) is 8.03. The minimum Gasteiger partial charge on any atom is -0.663 e. The largest absolute Gasteiger partial charge is 2.00 e. The maximum atomic E-state index is 5.19. The molecule has 0 bridgehead atoms. The van der Waals surface area contributed by atoms with Crippen LogP contribution in [0.2, 0.25) is 0 Å². The van der Waals surface area contributed by atoms with Crippen LogP contribution in [-0.2, 0) is 21.1 Å². The van der Waals surface area contributed by atoms with E-state index in [0.29, 0.717) is 0 Å². The van der Waals surface area contributed by atoms with Crippen molar-refractivity contribution in [3.05, 3.63) is 156 Å². The molecule has 0 aliphatic heterocycles. The Balaban J connectivity index is 0.00000288. The summed E-state index contributed by atoms with van der Waals surface area (Å²) in [6, 6.07) is 43.4. The molecule has 200 valence electrons. The van der Waals surface area contributed by atoms with Crippen LogP contribution in [-0.4, -0.2) is 9.97 Å². The van der Waals surface area contributed by atoms with Gasteiger partial charge in [0.05, 0.1) is 5.69 Å². The van der Waals surface area contributed by atoms with Crippen LogP contribution in [0.25, 0.3) is 66.5 Å². The van der Waals surface area contributed by atoms with E-state index >= 15 is 0 Å². The summed E-state index contributed by atoms with van der Waals surface area (Å²) in [4.78, 5) is 14.6. The Kier molecular flexibility index (Phi) is 6.74. The van der Waals surface area contributed by atoms with E-state index in [1.807, 2.05) is 24.5 Å². The first-order valence-electron chi connectivity index (χ1n) is 13.7. The normalized spacial score (nSPS) is 12.4. The van der Waals surface area contributed by atoms with Crippen molar-refractivity contribution in [2.24, 2.45) is 0 Å². The molecule has 0 fully saturated rings. The minimum absolute atomic E-state index is 0. The Hall–Kier alpha value is -4.85. The third-order valence-electron chi connectivity index (χ3n) is 7.70. The van der Waals surface area contributed by atoms with Gasteiger partial charge in [-0.25, -0.2) is 0 Å². The molecule has 0 saturated heterocycles. The van der Waals surface area contributed by atoms with E-state index in [9.17, 15) is 0 Å². The van der Waals surface area contributed by atoms with E-state index < -0.39 is 0 Å². The molecule has 3 heterocycles. The Morgan fingerprint density at radius 2 is 1.31 bits per heavy atom. The molecule has 0 spiro atoms. The van der Waals surface area contributed by atoms with Gasteiger partial charge in [0.15, 0.2) is 0 Å². The van der Waals surface area contributed by atoms with E-state index in [2.05, 4.69) is 121 Å². The third kappa shape index (κ3) is 4.62. The van der Waals surface area contributed by atoms with Crippen molar-refractivity contribution in [1.29, 1.82) is 0 Å². The van der Waals surface area contributed by atoms with E-state index in [-0.39, 0.29) is 21.1 Å². The molecule has 3 aromatic heterocycles. The van der Waals surface area contributed by atoms with Gasteiger partial charge in [-0.2, -0.15) is 5.35 Å². The molecular formula is C38H23N3Pt. The van der Waals surface area contributed by atoms with Crippen molar-refractivity contribution in [3.63, 3.8) is 0 Å². The third-order valence-corrected chi connectivity index (χ3v) is 7.70. The molecule has 3 nitrogen and oxygen atoms in total. The number of pyridine rings is 2. The molecule has 0 amide bonds. The van der Waals surface area contributed by atoms with Crippen LogP contribution < -0.4 is 15.7 Å². The second-order valence-corrected chi connectivity index (χ2v) is 10.2. The number of hydrogen-bond acceptors (Lipinski definition) is 2. The van der Waals surface area contributed by atoms with Crippen molar-refractivity contribution in [1.82, 2.24) is 15.0 Å². The van der Waals surface area contributed by atoms with Gasteiger partial charge in [0.1, 0.15) is 0 Å². The smallest absolute Gasteiger partial charge is 0.663 e. The fourth-order valence-corrected chi connectivity index (χ4v) is 5.71. The number of fused-ring (bicyclic) bond motifs is 5. The molecule has 5 aromatic carbocycles. The summed E-state index contributed by atoms with van der Waals surface area (Å²) in [7, 11) is 0. The molecule has 0 aliphatic rings. The molecule has 0 unspecified atom stereocenters. The van der Waals surface area contributed by atoms with E-state index in [1.165, 1.54) is 10.8 Å². The zero-order valence-corrected chi connectivity index (χ0v) is 24.7. The van der Waals surface area contributed by atoms with Gasteiger partial charge in [-0.15, -0.1) is 41.3 Å². The molecule has 4 heteroatoms. The molecule has 8 rings (SSSR count). The first-order valence-corrected chi connectivity index (χ1v) is 13.7. The van der Waals surface area contributed by atoms with Crippen LogP contribution in [0.15, 0.2) is 128 Å². The number of benzene rings is 5. The van der Waals surface area contributed by atoms with Crippen LogP contribution in [0.3, 0.4) is 0 Å². The first kappa shape index (κ1) is 26.1. The number of nitrogens with zero attached hydrogens (tertiary/aromatic N) is 3. The van der Waals surface area contributed by atoms with Gasteiger partial charge >= 0.3 is 21.1 Å². The van der Waals surface area contributed by atoms with Crippen LogP contribution >= 0.6 is 0 Å². The Labute approximate surface area is 257 Å². The van der Waals surface area contributed by atoms with Gasteiger partial charge in [0.25, 0.3) is 0 Å². The summed E-state index contributed by atoms with van der Waals surface area (Å²) >= 11 is 0. The van der Waals surface area contributed by atoms with Gasteiger partial charge in [-0.3, -0.25) is 9.97 Å². The summed E-state index contributed by atoms with van der Waals surface area (Å²) in [6.45, 7) is 0. The maximum Gasteiger partial charge on any atom is 2.00 e. The molecular weight excluding hydrogens is 694 g/mol. The van der Waals surface area contributed by atoms with Gasteiger partial charge in [-0.1, -0.05) is 96.6 Å². The zero-order valence-electron chi connectivity index (χ0n) is 22.4. The monoisotopic (exact) mass is 716 g/mol. The molecule has 8 aromatic rings. The summed E-state index contributed by atoms with van der Waals surface area (Å²) in [5.74, 6) is 0. The zero-order chi connectivity index (χ0) is 27.2. The second-order valence-electron chi connectivity index (χ2n) is 10.2. The summed E-state index contributed by atoms with van der Waals surface area (Å²) in [5, 5.41) is 11.0. The molecule has 0 radical (unpaired) electrons. The number of aromatic nitrogens is 3. The van der Waals surface area contributed by atoms with Crippen molar-refractivity contribution < 1.29 is 21.1 Å². The predicted molar refractivity (Wildman–Crippen MR) is 169 cm³/mol. The number of rotatable bonds is 3. The molecule has 0 N–H and O–H groups in total. The Morgan fingerprint density at radius 1 is 0.571 bits per heavy atom. The Morgan fingerprint density at radius 3 is 2.17 bits per heavy atom. The molecule has 42 heavy (non-hydrogen) atoms. The van der Waals surface area contributed by atoms with Crippen molar-refractivity contribution >= 4 is 55.2 Å². The Bertz CT molecular complexity index is 2380. The van der Waals surface area contributed by atoms with Gasteiger partial charge < -0.3 is 4.98 Å². The van der Waals surface area contributed by atoms with E-state index in [1.54, 1.807) is 0 Å². The topological polar surface area (TPSA) is 39.9 Å². The van der Waals surface area contributed by atoms with Crippen LogP contribution in [0.5, 0.6) is 0 Å². The fourth-order valence-electron chi connectivity index (χ4n) is 5.71. The van der Waals surface area contributed by atoms with Gasteiger partial charge in [-0.05, 0) is 49.8 Å². The summed E-state index contributed by atoms with van der Waals surface area (Å²) in [5.41, 5.74) is 3.73. The quantitative estimate of drug-likeness (QED) is 0.182. The van der Waals surface area contributed by atoms with Crippen LogP contribution in [0.4, 0.5) is 0 Å². The van der Waals surface area contributed by atoms with E-state index in [4.69, 9.17) is 15.0 Å².